The quantitative estimate of drug-likeness (QED) is 0.802. The van der Waals surface area contributed by atoms with Crippen molar-refractivity contribution in [2.24, 2.45) is 5.73 Å². The SMILES string of the molecule is NC(=O)Cc1nccn1-c1ccccc1. The minimum Gasteiger partial charge on any atom is -0.369 e. The summed E-state index contributed by atoms with van der Waals surface area (Å²) in [5, 5.41) is 0. The number of benzene rings is 1. The number of nitrogens with zero attached hydrogens (tertiary/aromatic N) is 2. The molecule has 0 radical (unpaired) electrons. The molecule has 0 unspecified atom stereocenters. The fraction of sp³-hybridized carbons (Fsp3) is 0.0909. The fourth-order valence-corrected chi connectivity index (χ4v) is 1.44. The van der Waals surface area contributed by atoms with E-state index in [0.717, 1.165) is 5.69 Å². The molecule has 0 saturated carbocycles. The molecule has 0 saturated heterocycles. The summed E-state index contributed by atoms with van der Waals surface area (Å²) in [6.45, 7) is 0. The number of primary amides is 1. The predicted molar refractivity (Wildman–Crippen MR) is 56.5 cm³/mol. The van der Waals surface area contributed by atoms with E-state index in [9.17, 15) is 4.79 Å². The zero-order valence-corrected chi connectivity index (χ0v) is 8.13. The van der Waals surface area contributed by atoms with E-state index in [-0.39, 0.29) is 12.3 Å². The van der Waals surface area contributed by atoms with Gasteiger partial charge in [-0.3, -0.25) is 4.79 Å². The van der Waals surface area contributed by atoms with Crippen LogP contribution in [0.25, 0.3) is 5.69 Å². The predicted octanol–water partition coefficient (Wildman–Crippen LogP) is 0.900. The Bertz CT molecular complexity index is 462. The van der Waals surface area contributed by atoms with Crippen molar-refractivity contribution in [2.45, 2.75) is 6.42 Å². The highest BCUT2D eigenvalue weighted by Gasteiger charge is 2.06. The Morgan fingerprint density at radius 3 is 2.73 bits per heavy atom. The van der Waals surface area contributed by atoms with Crippen molar-refractivity contribution in [1.29, 1.82) is 0 Å². The van der Waals surface area contributed by atoms with Crippen LogP contribution >= 0.6 is 0 Å². The Morgan fingerprint density at radius 2 is 2.07 bits per heavy atom. The molecular weight excluding hydrogens is 190 g/mol. The average molecular weight is 201 g/mol. The molecule has 1 aromatic heterocycles. The summed E-state index contributed by atoms with van der Waals surface area (Å²) in [6.07, 6.45) is 3.63. The van der Waals surface area contributed by atoms with E-state index < -0.39 is 0 Å². The summed E-state index contributed by atoms with van der Waals surface area (Å²) in [5.41, 5.74) is 6.12. The van der Waals surface area contributed by atoms with E-state index in [1.807, 2.05) is 41.1 Å². The van der Waals surface area contributed by atoms with Crippen molar-refractivity contribution in [3.05, 3.63) is 48.5 Å². The molecule has 0 aliphatic rings. The van der Waals surface area contributed by atoms with Crippen LogP contribution in [0.5, 0.6) is 0 Å². The minimum atomic E-state index is -0.376. The van der Waals surface area contributed by atoms with E-state index in [4.69, 9.17) is 5.73 Å². The van der Waals surface area contributed by atoms with Crippen LogP contribution in [0.3, 0.4) is 0 Å². The molecule has 0 bridgehead atoms. The molecule has 4 heteroatoms. The monoisotopic (exact) mass is 201 g/mol. The number of carbonyl (C=O) groups excluding carboxylic acids is 1. The van der Waals surface area contributed by atoms with Gasteiger partial charge < -0.3 is 10.3 Å². The van der Waals surface area contributed by atoms with Gasteiger partial charge in [0.15, 0.2) is 0 Å². The zero-order valence-electron chi connectivity index (χ0n) is 8.13. The van der Waals surface area contributed by atoms with Crippen molar-refractivity contribution in [3.8, 4) is 5.69 Å². The van der Waals surface area contributed by atoms with Crippen LogP contribution < -0.4 is 5.73 Å². The first-order chi connectivity index (χ1) is 7.27. The highest BCUT2D eigenvalue weighted by molar-refractivity contribution is 5.75. The summed E-state index contributed by atoms with van der Waals surface area (Å²) < 4.78 is 1.85. The molecule has 1 aromatic carbocycles. The number of imidazole rings is 1. The Labute approximate surface area is 87.4 Å². The summed E-state index contributed by atoms with van der Waals surface area (Å²) in [5.74, 6) is 0.284. The number of hydrogen-bond donors (Lipinski definition) is 1. The molecule has 1 heterocycles. The van der Waals surface area contributed by atoms with Gasteiger partial charge in [-0.2, -0.15) is 0 Å². The normalized spacial score (nSPS) is 10.1. The van der Waals surface area contributed by atoms with Gasteiger partial charge in [-0.25, -0.2) is 4.98 Å². The third-order valence-corrected chi connectivity index (χ3v) is 2.08. The average Bonchev–Trinajstić information content (AvgIpc) is 2.66. The standard InChI is InChI=1S/C11H11N3O/c12-10(15)8-11-13-6-7-14(11)9-4-2-1-3-5-9/h1-7H,8H2,(H2,12,15). The lowest BCUT2D eigenvalue weighted by atomic mass is 10.3. The van der Waals surface area contributed by atoms with Gasteiger partial charge in [0.2, 0.25) is 5.91 Å². The molecule has 76 valence electrons. The molecule has 4 nitrogen and oxygen atoms in total. The van der Waals surface area contributed by atoms with Crippen molar-refractivity contribution in [3.63, 3.8) is 0 Å². The third-order valence-electron chi connectivity index (χ3n) is 2.08. The molecule has 0 aliphatic heterocycles. The van der Waals surface area contributed by atoms with Crippen LogP contribution in [0.15, 0.2) is 42.7 Å². The van der Waals surface area contributed by atoms with E-state index in [0.29, 0.717) is 5.82 Å². The molecular formula is C11H11N3O. The summed E-state index contributed by atoms with van der Waals surface area (Å²) >= 11 is 0. The number of para-hydroxylation sites is 1. The molecule has 0 atom stereocenters. The number of rotatable bonds is 3. The van der Waals surface area contributed by atoms with Crippen LogP contribution in [0.4, 0.5) is 0 Å². The summed E-state index contributed by atoms with van der Waals surface area (Å²) in [7, 11) is 0. The lowest BCUT2D eigenvalue weighted by molar-refractivity contribution is -0.117. The van der Waals surface area contributed by atoms with Crippen LogP contribution in [-0.2, 0) is 11.2 Å². The van der Waals surface area contributed by atoms with E-state index >= 15 is 0 Å². The third kappa shape index (κ3) is 2.04. The second-order valence-electron chi connectivity index (χ2n) is 3.19. The van der Waals surface area contributed by atoms with Crippen LogP contribution in [0.2, 0.25) is 0 Å². The molecule has 2 aromatic rings. The smallest absolute Gasteiger partial charge is 0.225 e. The van der Waals surface area contributed by atoms with Gasteiger partial charge >= 0.3 is 0 Å². The first-order valence-electron chi connectivity index (χ1n) is 4.63. The van der Waals surface area contributed by atoms with Crippen LogP contribution in [-0.4, -0.2) is 15.5 Å². The fourth-order valence-electron chi connectivity index (χ4n) is 1.44. The first kappa shape index (κ1) is 9.45. The largest absolute Gasteiger partial charge is 0.369 e. The molecule has 1 amide bonds. The van der Waals surface area contributed by atoms with Crippen molar-refractivity contribution >= 4 is 5.91 Å². The van der Waals surface area contributed by atoms with Gasteiger partial charge in [-0.05, 0) is 12.1 Å². The van der Waals surface area contributed by atoms with E-state index in [1.54, 1.807) is 6.20 Å². The summed E-state index contributed by atoms with van der Waals surface area (Å²) in [4.78, 5) is 14.9. The van der Waals surface area contributed by atoms with Gasteiger partial charge in [0.1, 0.15) is 5.82 Å². The first-order valence-corrected chi connectivity index (χ1v) is 4.63. The van der Waals surface area contributed by atoms with Gasteiger partial charge in [0.05, 0.1) is 6.42 Å². The highest BCUT2D eigenvalue weighted by atomic mass is 16.1. The second kappa shape index (κ2) is 3.96. The van der Waals surface area contributed by atoms with Crippen molar-refractivity contribution < 1.29 is 4.79 Å². The van der Waals surface area contributed by atoms with Gasteiger partial charge in [0.25, 0.3) is 0 Å². The molecule has 0 spiro atoms. The molecule has 0 aliphatic carbocycles. The Kier molecular flexibility index (Phi) is 2.49. The molecule has 2 N–H and O–H groups in total. The Hall–Kier alpha value is -2.10. The maximum absolute atomic E-state index is 10.8. The van der Waals surface area contributed by atoms with Crippen LogP contribution in [0, 0.1) is 0 Å². The maximum Gasteiger partial charge on any atom is 0.225 e. The number of amides is 1. The van der Waals surface area contributed by atoms with Gasteiger partial charge in [0, 0.05) is 18.1 Å². The Morgan fingerprint density at radius 1 is 1.33 bits per heavy atom. The second-order valence-corrected chi connectivity index (χ2v) is 3.19. The van der Waals surface area contributed by atoms with Gasteiger partial charge in [-0.15, -0.1) is 0 Å². The number of nitrogens with two attached hydrogens (primary N) is 1. The lowest BCUT2D eigenvalue weighted by Crippen LogP contribution is -2.16. The topological polar surface area (TPSA) is 60.9 Å². The number of hydrogen-bond acceptors (Lipinski definition) is 2. The van der Waals surface area contributed by atoms with Crippen molar-refractivity contribution in [1.82, 2.24) is 9.55 Å². The minimum absolute atomic E-state index is 0.155. The highest BCUT2D eigenvalue weighted by Crippen LogP contribution is 2.09. The Balaban J connectivity index is 2.37. The number of aromatic nitrogens is 2. The van der Waals surface area contributed by atoms with Crippen molar-refractivity contribution in [2.75, 3.05) is 0 Å². The summed E-state index contributed by atoms with van der Waals surface area (Å²) in [6, 6.07) is 9.71. The lowest BCUT2D eigenvalue weighted by Gasteiger charge is -2.05. The molecule has 15 heavy (non-hydrogen) atoms. The zero-order chi connectivity index (χ0) is 10.7. The van der Waals surface area contributed by atoms with E-state index in [1.165, 1.54) is 0 Å². The molecule has 2 rings (SSSR count). The van der Waals surface area contributed by atoms with E-state index in [2.05, 4.69) is 4.98 Å². The number of carbonyl (C=O) groups is 1. The van der Waals surface area contributed by atoms with Gasteiger partial charge in [-0.1, -0.05) is 18.2 Å². The van der Waals surface area contributed by atoms with Crippen LogP contribution in [0.1, 0.15) is 5.82 Å². The molecule has 0 fully saturated rings. The maximum atomic E-state index is 10.8.